The van der Waals surface area contributed by atoms with Crippen molar-refractivity contribution < 1.29 is 14.4 Å². The van der Waals surface area contributed by atoms with Gasteiger partial charge in [0.25, 0.3) is 0 Å². The van der Waals surface area contributed by atoms with Gasteiger partial charge in [-0.3, -0.25) is 9.59 Å². The lowest BCUT2D eigenvalue weighted by Crippen LogP contribution is -2.62. The number of rotatable bonds is 4. The Hall–Kier alpha value is -2.28. The summed E-state index contributed by atoms with van der Waals surface area (Å²) in [5.41, 5.74) is 3.96. The Morgan fingerprint density at radius 3 is 2.50 bits per heavy atom. The summed E-state index contributed by atoms with van der Waals surface area (Å²) in [6.07, 6.45) is 10.8. The van der Waals surface area contributed by atoms with Gasteiger partial charge in [0.05, 0.1) is 17.0 Å². The third-order valence-corrected chi connectivity index (χ3v) is 9.41. The second-order valence-corrected chi connectivity index (χ2v) is 11.5. The van der Waals surface area contributed by atoms with Crippen LogP contribution in [0.3, 0.4) is 0 Å². The molecule has 2 heterocycles. The van der Waals surface area contributed by atoms with Gasteiger partial charge in [0.1, 0.15) is 6.54 Å². The molecule has 34 heavy (non-hydrogen) atoms. The summed E-state index contributed by atoms with van der Waals surface area (Å²) in [7, 11) is 0. The van der Waals surface area contributed by atoms with Crippen LogP contribution in [-0.2, 0) is 9.59 Å². The van der Waals surface area contributed by atoms with Crippen LogP contribution in [0.2, 0.25) is 0 Å². The van der Waals surface area contributed by atoms with Crippen LogP contribution in [0.15, 0.2) is 28.7 Å². The average molecular weight is 482 g/mol. The number of carbonyl (C=O) groups is 3. The van der Waals surface area contributed by atoms with E-state index in [1.165, 1.54) is 28.2 Å². The number of fused-ring (bicyclic) bond motifs is 2. The van der Waals surface area contributed by atoms with E-state index in [1.54, 1.807) is 16.7 Å². The molecule has 0 aromatic heterocycles. The van der Waals surface area contributed by atoms with Gasteiger partial charge in [0.2, 0.25) is 11.8 Å². The molecule has 6 nitrogen and oxygen atoms in total. The molecule has 1 saturated carbocycles. The van der Waals surface area contributed by atoms with E-state index in [1.807, 2.05) is 32.0 Å². The first-order valence-corrected chi connectivity index (χ1v) is 13.7. The minimum Gasteiger partial charge on any atom is -0.352 e. The van der Waals surface area contributed by atoms with Crippen LogP contribution >= 0.6 is 11.8 Å². The average Bonchev–Trinajstić information content (AvgIpc) is 3.02. The van der Waals surface area contributed by atoms with Gasteiger partial charge in [-0.1, -0.05) is 31.7 Å². The molecule has 1 saturated heterocycles. The number of benzene rings is 1. The molecule has 2 aliphatic carbocycles. The topological polar surface area (TPSA) is 69.7 Å². The van der Waals surface area contributed by atoms with E-state index in [4.69, 9.17) is 0 Å². The van der Waals surface area contributed by atoms with Crippen molar-refractivity contribution in [3.05, 3.63) is 39.8 Å². The van der Waals surface area contributed by atoms with Crippen molar-refractivity contribution in [3.8, 4) is 0 Å². The van der Waals surface area contributed by atoms with Crippen LogP contribution in [0, 0.1) is 19.8 Å². The van der Waals surface area contributed by atoms with Crippen LogP contribution in [-0.4, -0.2) is 40.7 Å². The Kier molecular flexibility index (Phi) is 6.74. The molecule has 5 rings (SSSR count). The van der Waals surface area contributed by atoms with Gasteiger partial charge in [0.15, 0.2) is 0 Å². The highest BCUT2D eigenvalue weighted by Gasteiger charge is 2.53. The maximum absolute atomic E-state index is 13.9. The highest BCUT2D eigenvalue weighted by atomic mass is 32.2. The predicted molar refractivity (Wildman–Crippen MR) is 135 cm³/mol. The molecule has 7 heteroatoms. The quantitative estimate of drug-likeness (QED) is 0.623. The van der Waals surface area contributed by atoms with E-state index >= 15 is 0 Å². The molecule has 0 radical (unpaired) electrons. The van der Waals surface area contributed by atoms with E-state index in [2.05, 4.69) is 5.32 Å². The maximum atomic E-state index is 13.9. The second kappa shape index (κ2) is 9.76. The molecule has 2 aliphatic heterocycles. The summed E-state index contributed by atoms with van der Waals surface area (Å²) in [4.78, 5) is 45.0. The number of hydrogen-bond acceptors (Lipinski definition) is 4. The molecule has 0 spiro atoms. The Bertz CT molecular complexity index is 1030. The van der Waals surface area contributed by atoms with Gasteiger partial charge in [0, 0.05) is 6.04 Å². The molecule has 1 aromatic rings. The van der Waals surface area contributed by atoms with Crippen molar-refractivity contribution in [2.75, 3.05) is 11.4 Å². The molecule has 0 bridgehead atoms. The summed E-state index contributed by atoms with van der Waals surface area (Å²) >= 11 is 1.66. The smallest absolute Gasteiger partial charge is 0.332 e. The fourth-order valence-corrected chi connectivity index (χ4v) is 7.49. The van der Waals surface area contributed by atoms with E-state index in [-0.39, 0.29) is 41.7 Å². The lowest BCUT2D eigenvalue weighted by molar-refractivity contribution is -0.126. The number of imide groups is 1. The SMILES string of the molecule is Cc1ccc(N2C(=O)C3C4=C(CCCCC4)SC3N(CC(=O)NC3CCCCC3)C2=O)cc1C. The van der Waals surface area contributed by atoms with Crippen LogP contribution in [0.25, 0.3) is 0 Å². The fraction of sp³-hybridized carbons (Fsp3) is 0.593. The molecule has 1 aromatic carbocycles. The van der Waals surface area contributed by atoms with Gasteiger partial charge >= 0.3 is 6.03 Å². The number of urea groups is 1. The first-order valence-electron chi connectivity index (χ1n) is 12.8. The summed E-state index contributed by atoms with van der Waals surface area (Å²) in [5.74, 6) is -0.613. The number of nitrogens with one attached hydrogen (secondary N) is 1. The fourth-order valence-electron chi connectivity index (χ4n) is 5.85. The predicted octanol–water partition coefficient (Wildman–Crippen LogP) is 5.43. The lowest BCUT2D eigenvalue weighted by Gasteiger charge is -2.42. The Balaban J connectivity index is 1.45. The zero-order chi connectivity index (χ0) is 23.8. The molecule has 1 N–H and O–H groups in total. The van der Waals surface area contributed by atoms with Crippen molar-refractivity contribution in [2.24, 2.45) is 5.92 Å². The largest absolute Gasteiger partial charge is 0.352 e. The number of thioether (sulfide) groups is 1. The van der Waals surface area contributed by atoms with E-state index in [9.17, 15) is 14.4 Å². The summed E-state index contributed by atoms with van der Waals surface area (Å²) < 4.78 is 0. The number of allylic oxidation sites excluding steroid dienone is 1. The van der Waals surface area contributed by atoms with Gasteiger partial charge in [-0.05, 0) is 86.1 Å². The number of amides is 4. The zero-order valence-electron chi connectivity index (χ0n) is 20.3. The van der Waals surface area contributed by atoms with Crippen molar-refractivity contribution in [1.82, 2.24) is 10.2 Å². The summed E-state index contributed by atoms with van der Waals surface area (Å²) in [6, 6.07) is 5.54. The van der Waals surface area contributed by atoms with Crippen molar-refractivity contribution in [1.29, 1.82) is 0 Å². The van der Waals surface area contributed by atoms with Gasteiger partial charge < -0.3 is 10.2 Å². The van der Waals surface area contributed by atoms with Gasteiger partial charge in [-0.15, -0.1) is 11.8 Å². The third-order valence-electron chi connectivity index (χ3n) is 7.90. The van der Waals surface area contributed by atoms with Crippen LogP contribution in [0.1, 0.15) is 75.3 Å². The Morgan fingerprint density at radius 2 is 1.74 bits per heavy atom. The van der Waals surface area contributed by atoms with Crippen molar-refractivity contribution in [2.45, 2.75) is 89.5 Å². The minimum absolute atomic E-state index is 0.00131. The van der Waals surface area contributed by atoms with E-state index < -0.39 is 0 Å². The Morgan fingerprint density at radius 1 is 1.00 bits per heavy atom. The minimum atomic E-state index is -0.376. The lowest BCUT2D eigenvalue weighted by atomic mass is 9.91. The van der Waals surface area contributed by atoms with Gasteiger partial charge in [-0.25, -0.2) is 9.69 Å². The molecule has 4 amide bonds. The molecule has 2 atom stereocenters. The first kappa shape index (κ1) is 23.5. The number of hydrogen-bond donors (Lipinski definition) is 1. The van der Waals surface area contributed by atoms with Crippen LogP contribution < -0.4 is 10.2 Å². The highest BCUT2D eigenvalue weighted by Crippen LogP contribution is 2.52. The van der Waals surface area contributed by atoms with Crippen molar-refractivity contribution >= 4 is 35.3 Å². The molecule has 4 aliphatic rings. The number of carbonyl (C=O) groups excluding carboxylic acids is 3. The second-order valence-electron chi connectivity index (χ2n) is 10.3. The summed E-state index contributed by atoms with van der Waals surface area (Å²) in [5, 5.41) is 2.85. The molecular weight excluding hydrogens is 446 g/mol. The highest BCUT2D eigenvalue weighted by molar-refractivity contribution is 8.04. The maximum Gasteiger partial charge on any atom is 0.332 e. The first-order chi connectivity index (χ1) is 16.4. The van der Waals surface area contributed by atoms with Crippen molar-refractivity contribution in [3.63, 3.8) is 0 Å². The standard InChI is InChI=1S/C27H35N3O3S/c1-17-13-14-20(15-18(17)2)30-25(32)24-21-11-7-4-8-12-22(21)34-26(24)29(27(30)33)16-23(31)28-19-9-5-3-6-10-19/h13-15,19,24,26H,3-12,16H2,1-2H3,(H,28,31). The van der Waals surface area contributed by atoms with Gasteiger partial charge in [-0.2, -0.15) is 0 Å². The molecule has 2 unspecified atom stereocenters. The third kappa shape index (κ3) is 4.39. The summed E-state index contributed by atoms with van der Waals surface area (Å²) in [6.45, 7) is 4.01. The van der Waals surface area contributed by atoms with E-state index in [0.29, 0.717) is 5.69 Å². The molecule has 2 fully saturated rings. The molecule has 182 valence electrons. The Labute approximate surface area is 206 Å². The molecular formula is C27H35N3O3S. The monoisotopic (exact) mass is 481 g/mol. The van der Waals surface area contributed by atoms with Crippen LogP contribution in [0.4, 0.5) is 10.5 Å². The number of aryl methyl sites for hydroxylation is 2. The number of anilines is 1. The number of nitrogens with zero attached hydrogens (tertiary/aromatic N) is 2. The van der Waals surface area contributed by atoms with Crippen LogP contribution in [0.5, 0.6) is 0 Å². The zero-order valence-corrected chi connectivity index (χ0v) is 21.1. The van der Waals surface area contributed by atoms with E-state index in [0.717, 1.165) is 62.5 Å². The normalized spacial score (nSPS) is 25.8.